The van der Waals surface area contributed by atoms with E-state index < -0.39 is 0 Å². The van der Waals surface area contributed by atoms with Crippen LogP contribution in [-0.4, -0.2) is 15.7 Å². The molecule has 26 heavy (non-hydrogen) atoms. The van der Waals surface area contributed by atoms with Crippen molar-refractivity contribution in [1.29, 1.82) is 0 Å². The fourth-order valence-corrected chi connectivity index (χ4v) is 3.31. The first-order valence-electron chi connectivity index (χ1n) is 8.22. The number of carbonyl (C=O) groups excluding carboxylic acids is 1. The average Bonchev–Trinajstić information content (AvgIpc) is 3.00. The number of halogens is 1. The zero-order chi connectivity index (χ0) is 18.9. The Balaban J connectivity index is 1.88. The van der Waals surface area contributed by atoms with Crippen molar-refractivity contribution in [2.75, 3.05) is 5.32 Å². The van der Waals surface area contributed by atoms with Crippen molar-refractivity contribution in [2.24, 2.45) is 5.14 Å². The van der Waals surface area contributed by atoms with Gasteiger partial charge in [0.05, 0.1) is 17.5 Å². The van der Waals surface area contributed by atoms with Gasteiger partial charge in [-0.25, -0.2) is 0 Å². The summed E-state index contributed by atoms with van der Waals surface area (Å²) in [6, 6.07) is 11.1. The van der Waals surface area contributed by atoms with Crippen LogP contribution in [0.5, 0.6) is 0 Å². The van der Waals surface area contributed by atoms with Crippen LogP contribution in [-0.2, 0) is 16.8 Å². The summed E-state index contributed by atoms with van der Waals surface area (Å²) in [4.78, 5) is 13.3. The lowest BCUT2D eigenvalue weighted by Gasteiger charge is -2.18. The summed E-state index contributed by atoms with van der Waals surface area (Å²) in [7, 11) is 0. The molecule has 0 fully saturated rings. The highest BCUT2D eigenvalue weighted by atomic mass is 35.5. The minimum atomic E-state index is -0.138. The molecule has 1 aromatic heterocycles. The third-order valence-corrected chi connectivity index (χ3v) is 4.95. The maximum Gasteiger partial charge on any atom is 0.228 e. The molecule has 3 N–H and O–H groups in total. The Morgan fingerprint density at radius 1 is 1.31 bits per heavy atom. The molecular weight excluding hydrogens is 368 g/mol. The number of rotatable bonds is 4. The topological polar surface area (TPSA) is 72.9 Å². The minimum Gasteiger partial charge on any atom is -0.326 e. The van der Waals surface area contributed by atoms with Gasteiger partial charge >= 0.3 is 0 Å². The molecule has 0 aliphatic rings. The Kier molecular flexibility index (Phi) is 5.27. The van der Waals surface area contributed by atoms with E-state index in [2.05, 4.69) is 31.2 Å². The first-order chi connectivity index (χ1) is 12.3. The zero-order valence-corrected chi connectivity index (χ0v) is 16.5. The third-order valence-electron chi connectivity index (χ3n) is 3.99. The van der Waals surface area contributed by atoms with Crippen LogP contribution in [0.4, 0.5) is 5.69 Å². The lowest BCUT2D eigenvalue weighted by molar-refractivity contribution is -0.115. The smallest absolute Gasteiger partial charge is 0.228 e. The second kappa shape index (κ2) is 7.31. The highest BCUT2D eigenvalue weighted by Crippen LogP contribution is 2.30. The minimum absolute atomic E-state index is 0.136. The second-order valence-corrected chi connectivity index (χ2v) is 8.17. The number of benzene rings is 2. The lowest BCUT2D eigenvalue weighted by Crippen LogP contribution is -2.21. The number of nitrogens with zero attached hydrogens (tertiary/aromatic N) is 2. The van der Waals surface area contributed by atoms with Crippen molar-refractivity contribution < 1.29 is 4.79 Å². The van der Waals surface area contributed by atoms with E-state index in [-0.39, 0.29) is 17.9 Å². The second-order valence-electron chi connectivity index (χ2n) is 7.09. The fraction of sp³-hybridized carbons (Fsp3) is 0.263. The van der Waals surface area contributed by atoms with Gasteiger partial charge in [-0.05, 0) is 56.5 Å². The molecule has 0 unspecified atom stereocenters. The molecule has 0 bridgehead atoms. The van der Waals surface area contributed by atoms with Gasteiger partial charge in [-0.15, -0.1) is 0 Å². The Hall–Kier alpha value is -2.02. The number of anilines is 1. The third kappa shape index (κ3) is 4.03. The predicted octanol–water partition coefficient (Wildman–Crippen LogP) is 4.59. The quantitative estimate of drug-likeness (QED) is 0.641. The van der Waals surface area contributed by atoms with E-state index in [1.54, 1.807) is 6.07 Å². The maximum atomic E-state index is 12.4. The maximum absolute atomic E-state index is 12.4. The summed E-state index contributed by atoms with van der Waals surface area (Å²) < 4.78 is 1.91. The Morgan fingerprint density at radius 2 is 2.04 bits per heavy atom. The monoisotopic (exact) mass is 388 g/mol. The van der Waals surface area contributed by atoms with E-state index in [1.165, 1.54) is 0 Å². The summed E-state index contributed by atoms with van der Waals surface area (Å²) in [5.41, 5.74) is 2.12. The molecule has 3 aromatic rings. The van der Waals surface area contributed by atoms with Gasteiger partial charge in [0.25, 0.3) is 0 Å². The number of hydrogen-bond acceptors (Lipinski definition) is 4. The van der Waals surface area contributed by atoms with Gasteiger partial charge in [0, 0.05) is 27.2 Å². The van der Waals surface area contributed by atoms with Crippen LogP contribution in [0.2, 0.25) is 5.02 Å². The fourth-order valence-electron chi connectivity index (χ4n) is 2.62. The van der Waals surface area contributed by atoms with E-state index >= 15 is 0 Å². The molecule has 2 aromatic carbocycles. The summed E-state index contributed by atoms with van der Waals surface area (Å²) in [6.07, 6.45) is 2.19. The molecule has 0 atom stereocenters. The molecule has 1 amide bonds. The van der Waals surface area contributed by atoms with Crippen molar-refractivity contribution in [3.8, 4) is 0 Å². The van der Waals surface area contributed by atoms with Gasteiger partial charge < -0.3 is 5.32 Å². The predicted molar refractivity (Wildman–Crippen MR) is 109 cm³/mol. The van der Waals surface area contributed by atoms with Crippen LogP contribution in [0, 0.1) is 0 Å². The van der Waals surface area contributed by atoms with Crippen LogP contribution < -0.4 is 10.5 Å². The standard InChI is InChI=1S/C19H21ClN4OS/c1-19(2,3)24-11-14-16(23-24)9-13(10-17(14)26-21)22-18(25)8-12-6-4-5-7-15(12)20/h4-7,9-11H,8,21H2,1-3H3,(H,22,25). The molecule has 0 aliphatic carbocycles. The van der Waals surface area contributed by atoms with Crippen molar-refractivity contribution in [2.45, 2.75) is 37.6 Å². The van der Waals surface area contributed by atoms with Crippen LogP contribution in [0.3, 0.4) is 0 Å². The molecule has 0 saturated heterocycles. The molecular formula is C19H21ClN4OS. The number of nitrogens with two attached hydrogens (primary N) is 1. The average molecular weight is 389 g/mol. The molecule has 0 saturated carbocycles. The molecule has 1 heterocycles. The molecule has 5 nitrogen and oxygen atoms in total. The number of carbonyl (C=O) groups is 1. The van der Waals surface area contributed by atoms with E-state index in [0.717, 1.165) is 33.3 Å². The number of amides is 1. The Bertz CT molecular complexity index is 962. The van der Waals surface area contributed by atoms with Crippen LogP contribution in [0.25, 0.3) is 10.9 Å². The summed E-state index contributed by atoms with van der Waals surface area (Å²) in [5.74, 6) is -0.138. The largest absolute Gasteiger partial charge is 0.326 e. The highest BCUT2D eigenvalue weighted by Gasteiger charge is 2.17. The SMILES string of the molecule is CC(C)(C)n1cc2c(SN)cc(NC(=O)Cc3ccccc3Cl)cc2n1. The normalized spacial score (nSPS) is 11.7. The van der Waals surface area contributed by atoms with Gasteiger partial charge in [0.1, 0.15) is 0 Å². The lowest BCUT2D eigenvalue weighted by atomic mass is 10.1. The van der Waals surface area contributed by atoms with Gasteiger partial charge in [-0.2, -0.15) is 5.10 Å². The molecule has 0 aliphatic heterocycles. The van der Waals surface area contributed by atoms with Crippen molar-refractivity contribution >= 4 is 46.0 Å². The van der Waals surface area contributed by atoms with Gasteiger partial charge in [0.15, 0.2) is 0 Å². The Labute approximate surface area is 162 Å². The molecule has 0 spiro atoms. The van der Waals surface area contributed by atoms with Crippen LogP contribution in [0.15, 0.2) is 47.5 Å². The first-order valence-corrected chi connectivity index (χ1v) is 9.47. The number of hydrogen-bond donors (Lipinski definition) is 2. The number of aromatic nitrogens is 2. The Morgan fingerprint density at radius 3 is 2.69 bits per heavy atom. The van der Waals surface area contributed by atoms with Crippen molar-refractivity contribution in [3.05, 3.63) is 53.2 Å². The van der Waals surface area contributed by atoms with Gasteiger partial charge in [-0.1, -0.05) is 29.8 Å². The van der Waals surface area contributed by atoms with Gasteiger partial charge in [0.2, 0.25) is 5.91 Å². The highest BCUT2D eigenvalue weighted by molar-refractivity contribution is 7.97. The summed E-state index contributed by atoms with van der Waals surface area (Å²) in [5, 5.41) is 14.9. The molecule has 3 rings (SSSR count). The molecule has 7 heteroatoms. The first kappa shape index (κ1) is 18.8. The van der Waals surface area contributed by atoms with E-state index in [4.69, 9.17) is 16.7 Å². The summed E-state index contributed by atoms with van der Waals surface area (Å²) in [6.45, 7) is 6.25. The zero-order valence-electron chi connectivity index (χ0n) is 14.9. The van der Waals surface area contributed by atoms with Gasteiger partial charge in [-0.3, -0.25) is 14.6 Å². The number of fused-ring (bicyclic) bond motifs is 1. The van der Waals surface area contributed by atoms with E-state index in [9.17, 15) is 4.79 Å². The molecule has 136 valence electrons. The van der Waals surface area contributed by atoms with E-state index in [0.29, 0.717) is 10.7 Å². The van der Waals surface area contributed by atoms with Crippen LogP contribution in [0.1, 0.15) is 26.3 Å². The molecule has 0 radical (unpaired) electrons. The van der Waals surface area contributed by atoms with Crippen molar-refractivity contribution in [3.63, 3.8) is 0 Å². The van der Waals surface area contributed by atoms with Crippen molar-refractivity contribution in [1.82, 2.24) is 9.78 Å². The van der Waals surface area contributed by atoms with E-state index in [1.807, 2.05) is 41.2 Å². The van der Waals surface area contributed by atoms with Crippen LogP contribution >= 0.6 is 23.5 Å². The summed E-state index contributed by atoms with van der Waals surface area (Å²) >= 11 is 7.27. The number of nitrogens with one attached hydrogen (secondary N) is 1.